The number of hydrogen-bond acceptors (Lipinski definition) is 4. The molecule has 0 spiro atoms. The molecule has 0 aliphatic carbocycles. The molecule has 2 aromatic rings. The molecule has 4 nitrogen and oxygen atoms in total. The monoisotopic (exact) mass is 363 g/mol. The van der Waals surface area contributed by atoms with E-state index in [0.29, 0.717) is 17.1 Å². The number of anilines is 1. The van der Waals surface area contributed by atoms with Crippen LogP contribution in [0.5, 0.6) is 0 Å². The number of nitrogens with zero attached hydrogens (tertiary/aromatic N) is 2. The molecule has 132 valence electrons. The van der Waals surface area contributed by atoms with Gasteiger partial charge < -0.3 is 10.2 Å². The van der Waals surface area contributed by atoms with E-state index in [1.165, 1.54) is 0 Å². The number of nitrogens with one attached hydrogen (secondary N) is 1. The van der Waals surface area contributed by atoms with Crippen LogP contribution in [0.15, 0.2) is 41.4 Å². The van der Waals surface area contributed by atoms with E-state index >= 15 is 0 Å². The van der Waals surface area contributed by atoms with Crippen molar-refractivity contribution in [2.24, 2.45) is 0 Å². The average molecular weight is 363 g/mol. The maximum atomic E-state index is 13.7. The summed E-state index contributed by atoms with van der Waals surface area (Å²) in [6.07, 6.45) is 2.19. The molecule has 1 amide bonds. The van der Waals surface area contributed by atoms with E-state index < -0.39 is 17.5 Å². The third-order valence-corrected chi connectivity index (χ3v) is 5.37. The van der Waals surface area contributed by atoms with Crippen molar-refractivity contribution in [2.75, 3.05) is 25.5 Å². The van der Waals surface area contributed by atoms with Gasteiger partial charge >= 0.3 is 0 Å². The van der Waals surface area contributed by atoms with Crippen LogP contribution < -0.4 is 5.32 Å². The number of hydrogen-bond donors (Lipinski definition) is 1. The Morgan fingerprint density at radius 1 is 1.24 bits per heavy atom. The van der Waals surface area contributed by atoms with Crippen LogP contribution in [0, 0.1) is 11.6 Å². The number of amides is 1. The normalized spacial score (nSPS) is 16.0. The molecule has 0 unspecified atom stereocenters. The fourth-order valence-corrected chi connectivity index (χ4v) is 3.78. The standard InChI is InChI=1S/C18H19F2N3OS/c1-23-9-7-13(8-10-23)25-17-4-2-3-16(21-17)22-18(24)14-6-5-12(19)11-15(14)20/h2-6,11,13H,7-10H2,1H3,(H,21,22,24). The molecule has 1 aliphatic rings. The van der Waals surface area contributed by atoms with Crippen molar-refractivity contribution in [3.8, 4) is 0 Å². The number of likely N-dealkylation sites (tertiary alicyclic amines) is 1. The molecular weight excluding hydrogens is 344 g/mol. The predicted molar refractivity (Wildman–Crippen MR) is 94.9 cm³/mol. The highest BCUT2D eigenvalue weighted by Gasteiger charge is 2.19. The number of halogens is 2. The molecule has 1 aromatic carbocycles. The Kier molecular flexibility index (Phi) is 5.65. The molecule has 0 atom stereocenters. The van der Waals surface area contributed by atoms with Crippen LogP contribution >= 0.6 is 11.8 Å². The third kappa shape index (κ3) is 4.76. The average Bonchev–Trinajstić information content (AvgIpc) is 2.57. The first-order valence-corrected chi connectivity index (χ1v) is 8.98. The van der Waals surface area contributed by atoms with Crippen molar-refractivity contribution in [1.29, 1.82) is 0 Å². The van der Waals surface area contributed by atoms with E-state index in [-0.39, 0.29) is 5.56 Å². The lowest BCUT2D eigenvalue weighted by molar-refractivity contribution is 0.102. The molecule has 1 N–H and O–H groups in total. The minimum absolute atomic E-state index is 0.212. The van der Waals surface area contributed by atoms with Gasteiger partial charge in [0.1, 0.15) is 17.5 Å². The number of carbonyl (C=O) groups is 1. The van der Waals surface area contributed by atoms with Crippen LogP contribution in [0.3, 0.4) is 0 Å². The molecule has 0 radical (unpaired) electrons. The van der Waals surface area contributed by atoms with E-state index in [0.717, 1.165) is 43.1 Å². The first-order chi connectivity index (χ1) is 12.0. The quantitative estimate of drug-likeness (QED) is 0.898. The Bertz CT molecular complexity index is 764. The summed E-state index contributed by atoms with van der Waals surface area (Å²) in [5.74, 6) is -1.91. The zero-order chi connectivity index (χ0) is 17.8. The van der Waals surface area contributed by atoms with E-state index in [2.05, 4.69) is 22.2 Å². The van der Waals surface area contributed by atoms with Crippen LogP contribution in [0.4, 0.5) is 14.6 Å². The first-order valence-electron chi connectivity index (χ1n) is 8.10. The fraction of sp³-hybridized carbons (Fsp3) is 0.333. The summed E-state index contributed by atoms with van der Waals surface area (Å²) in [6, 6.07) is 8.22. The number of thioether (sulfide) groups is 1. The maximum absolute atomic E-state index is 13.7. The predicted octanol–water partition coefficient (Wildman–Crippen LogP) is 3.80. The second kappa shape index (κ2) is 7.93. The van der Waals surface area contributed by atoms with Gasteiger partial charge in [-0.05, 0) is 57.2 Å². The van der Waals surface area contributed by atoms with Gasteiger partial charge in [0, 0.05) is 11.3 Å². The van der Waals surface area contributed by atoms with E-state index in [1.54, 1.807) is 23.9 Å². The van der Waals surface area contributed by atoms with E-state index in [4.69, 9.17) is 0 Å². The second-order valence-corrected chi connectivity index (χ2v) is 7.38. The van der Waals surface area contributed by atoms with Crippen LogP contribution in [0.1, 0.15) is 23.2 Å². The lowest BCUT2D eigenvalue weighted by Crippen LogP contribution is -2.31. The first kappa shape index (κ1) is 17.8. The minimum atomic E-state index is -0.894. The largest absolute Gasteiger partial charge is 0.306 e. The second-order valence-electron chi connectivity index (χ2n) is 6.06. The third-order valence-electron chi connectivity index (χ3n) is 4.09. The van der Waals surface area contributed by atoms with Crippen molar-refractivity contribution in [2.45, 2.75) is 23.1 Å². The van der Waals surface area contributed by atoms with Gasteiger partial charge in [-0.1, -0.05) is 6.07 Å². The Morgan fingerprint density at radius 3 is 2.72 bits per heavy atom. The Labute approximate surface area is 149 Å². The number of carbonyl (C=O) groups excluding carboxylic acids is 1. The van der Waals surface area contributed by atoms with Gasteiger partial charge in [0.05, 0.1) is 10.6 Å². The SMILES string of the molecule is CN1CCC(Sc2cccc(NC(=O)c3ccc(F)cc3F)n2)CC1. The summed E-state index contributed by atoms with van der Waals surface area (Å²) in [4.78, 5) is 18.9. The van der Waals surface area contributed by atoms with Crippen LogP contribution in [0.2, 0.25) is 0 Å². The van der Waals surface area contributed by atoms with E-state index in [1.807, 2.05) is 6.07 Å². The highest BCUT2D eigenvalue weighted by Crippen LogP contribution is 2.29. The van der Waals surface area contributed by atoms with Crippen LogP contribution in [-0.2, 0) is 0 Å². The minimum Gasteiger partial charge on any atom is -0.306 e. The molecular formula is C18H19F2N3OS. The van der Waals surface area contributed by atoms with Crippen LogP contribution in [0.25, 0.3) is 0 Å². The Hall–Kier alpha value is -1.99. The van der Waals surface area contributed by atoms with Crippen molar-refractivity contribution >= 4 is 23.5 Å². The maximum Gasteiger partial charge on any atom is 0.259 e. The lowest BCUT2D eigenvalue weighted by Gasteiger charge is -2.28. The summed E-state index contributed by atoms with van der Waals surface area (Å²) in [7, 11) is 2.11. The lowest BCUT2D eigenvalue weighted by atomic mass is 10.1. The summed E-state index contributed by atoms with van der Waals surface area (Å²) >= 11 is 1.70. The van der Waals surface area contributed by atoms with Gasteiger partial charge in [0.25, 0.3) is 5.91 Å². The molecule has 0 bridgehead atoms. The Balaban J connectivity index is 1.66. The van der Waals surface area contributed by atoms with Gasteiger partial charge in [0.2, 0.25) is 0 Å². The molecule has 1 saturated heterocycles. The highest BCUT2D eigenvalue weighted by molar-refractivity contribution is 7.99. The van der Waals surface area contributed by atoms with Gasteiger partial charge in [0.15, 0.2) is 0 Å². The van der Waals surface area contributed by atoms with Gasteiger partial charge in [-0.25, -0.2) is 13.8 Å². The summed E-state index contributed by atoms with van der Waals surface area (Å²) in [6.45, 7) is 2.13. The molecule has 0 saturated carbocycles. The summed E-state index contributed by atoms with van der Waals surface area (Å²) in [5, 5.41) is 3.90. The molecule has 1 fully saturated rings. The number of rotatable bonds is 4. The molecule has 7 heteroatoms. The molecule has 2 heterocycles. The molecule has 1 aromatic heterocycles. The molecule has 1 aliphatic heterocycles. The van der Waals surface area contributed by atoms with Crippen molar-refractivity contribution in [3.63, 3.8) is 0 Å². The number of pyridine rings is 1. The van der Waals surface area contributed by atoms with Gasteiger partial charge in [-0.2, -0.15) is 0 Å². The Morgan fingerprint density at radius 2 is 2.00 bits per heavy atom. The summed E-state index contributed by atoms with van der Waals surface area (Å²) in [5.41, 5.74) is -0.212. The van der Waals surface area contributed by atoms with Crippen molar-refractivity contribution in [3.05, 3.63) is 53.6 Å². The number of benzene rings is 1. The van der Waals surface area contributed by atoms with Crippen molar-refractivity contribution < 1.29 is 13.6 Å². The van der Waals surface area contributed by atoms with Crippen LogP contribution in [-0.4, -0.2) is 41.2 Å². The highest BCUT2D eigenvalue weighted by atomic mass is 32.2. The zero-order valence-electron chi connectivity index (χ0n) is 13.8. The van der Waals surface area contributed by atoms with E-state index in [9.17, 15) is 13.6 Å². The number of aromatic nitrogens is 1. The zero-order valence-corrected chi connectivity index (χ0v) is 14.7. The van der Waals surface area contributed by atoms with Gasteiger partial charge in [-0.15, -0.1) is 11.8 Å². The van der Waals surface area contributed by atoms with Gasteiger partial charge in [-0.3, -0.25) is 4.79 Å². The number of piperidine rings is 1. The smallest absolute Gasteiger partial charge is 0.259 e. The molecule has 3 rings (SSSR count). The summed E-state index contributed by atoms with van der Waals surface area (Å²) < 4.78 is 26.6. The fourth-order valence-electron chi connectivity index (χ4n) is 2.68. The topological polar surface area (TPSA) is 45.2 Å². The van der Waals surface area contributed by atoms with Crippen molar-refractivity contribution in [1.82, 2.24) is 9.88 Å². The molecule has 25 heavy (non-hydrogen) atoms.